The highest BCUT2D eigenvalue weighted by atomic mass is 16.5. The molecule has 0 aliphatic carbocycles. The summed E-state index contributed by atoms with van der Waals surface area (Å²) < 4.78 is 11.4. The van der Waals surface area contributed by atoms with Gasteiger partial charge in [0.25, 0.3) is 0 Å². The molecule has 1 N–H and O–H groups in total. The summed E-state index contributed by atoms with van der Waals surface area (Å²) in [5.41, 5.74) is 4.33. The molecular weight excluding hydrogens is 368 g/mol. The van der Waals surface area contributed by atoms with Gasteiger partial charge in [-0.25, -0.2) is 4.79 Å². The lowest BCUT2D eigenvalue weighted by atomic mass is 9.79. The summed E-state index contributed by atoms with van der Waals surface area (Å²) in [5, 5.41) is 9.21. The number of rotatable bonds is 5. The summed E-state index contributed by atoms with van der Waals surface area (Å²) in [5.74, 6) is 0.808. The first-order valence-corrected chi connectivity index (χ1v) is 9.97. The van der Waals surface area contributed by atoms with E-state index in [1.807, 2.05) is 25.1 Å². The maximum absolute atomic E-state index is 11.2. The van der Waals surface area contributed by atoms with Gasteiger partial charge in [0.15, 0.2) is 11.5 Å². The molecule has 2 aromatic carbocycles. The van der Waals surface area contributed by atoms with E-state index >= 15 is 0 Å². The van der Waals surface area contributed by atoms with Crippen LogP contribution in [0.5, 0.6) is 11.5 Å². The van der Waals surface area contributed by atoms with Crippen molar-refractivity contribution in [2.75, 3.05) is 33.9 Å². The van der Waals surface area contributed by atoms with Crippen molar-refractivity contribution >= 4 is 11.7 Å². The maximum atomic E-state index is 11.2. The van der Waals surface area contributed by atoms with Crippen LogP contribution >= 0.6 is 0 Å². The molecule has 2 atom stereocenters. The van der Waals surface area contributed by atoms with Gasteiger partial charge in [-0.2, -0.15) is 0 Å². The van der Waals surface area contributed by atoms with Crippen molar-refractivity contribution in [2.45, 2.75) is 25.3 Å². The van der Waals surface area contributed by atoms with Crippen LogP contribution in [-0.2, 0) is 0 Å². The number of methoxy groups -OCH3 is 1. The summed E-state index contributed by atoms with van der Waals surface area (Å²) in [6.07, 6.45) is 0.993. The molecule has 2 aliphatic rings. The molecule has 1 unspecified atom stereocenters. The fraction of sp³-hybridized carbons (Fsp3) is 0.391. The number of carboxylic acids is 1. The highest BCUT2D eigenvalue weighted by Gasteiger charge is 2.36. The van der Waals surface area contributed by atoms with Crippen LogP contribution in [-0.4, -0.2) is 61.6 Å². The Kier molecular flexibility index (Phi) is 5.28. The van der Waals surface area contributed by atoms with Crippen LogP contribution in [0.1, 0.15) is 46.3 Å². The molecule has 0 bridgehead atoms. The van der Waals surface area contributed by atoms with Gasteiger partial charge in [-0.1, -0.05) is 12.1 Å². The number of aromatic carboxylic acids is 1. The summed E-state index contributed by atoms with van der Waals surface area (Å²) in [4.78, 5) is 18.7. The SMILES string of the molecule is CCOc1cc2c(cc1OC)C(c1ccc(C(=O)O)cc1)=N[C@@H]1CCN(C)CC21. The zero-order valence-corrected chi connectivity index (χ0v) is 17.0. The number of hydrogen-bond acceptors (Lipinski definition) is 5. The zero-order valence-electron chi connectivity index (χ0n) is 17.0. The molecule has 0 spiro atoms. The first kappa shape index (κ1) is 19.5. The Hall–Kier alpha value is -2.86. The third-order valence-electron chi connectivity index (χ3n) is 5.77. The molecule has 0 amide bonds. The van der Waals surface area contributed by atoms with Gasteiger partial charge in [0.05, 0.1) is 31.0 Å². The van der Waals surface area contributed by atoms with Crippen molar-refractivity contribution in [1.82, 2.24) is 4.90 Å². The first-order chi connectivity index (χ1) is 14.0. The summed E-state index contributed by atoms with van der Waals surface area (Å²) >= 11 is 0. The number of carboxylic acid groups (broad SMARTS) is 1. The van der Waals surface area contributed by atoms with Crippen molar-refractivity contribution in [3.05, 3.63) is 58.7 Å². The molecule has 29 heavy (non-hydrogen) atoms. The largest absolute Gasteiger partial charge is 0.493 e. The van der Waals surface area contributed by atoms with Gasteiger partial charge in [0, 0.05) is 23.6 Å². The van der Waals surface area contributed by atoms with Crippen LogP contribution in [0.25, 0.3) is 0 Å². The van der Waals surface area contributed by atoms with Crippen molar-refractivity contribution in [2.24, 2.45) is 4.99 Å². The number of likely N-dealkylation sites (N-methyl/N-ethyl adjacent to an activating group) is 1. The number of benzene rings is 2. The molecule has 1 fully saturated rings. The third-order valence-corrected chi connectivity index (χ3v) is 5.77. The van der Waals surface area contributed by atoms with Crippen LogP contribution in [0.3, 0.4) is 0 Å². The number of aliphatic imine (C=N–C) groups is 1. The van der Waals surface area contributed by atoms with Gasteiger partial charge in [0.2, 0.25) is 0 Å². The zero-order chi connectivity index (χ0) is 20.5. The minimum atomic E-state index is -0.930. The lowest BCUT2D eigenvalue weighted by Crippen LogP contribution is -2.41. The average Bonchev–Trinajstić information content (AvgIpc) is 2.73. The fourth-order valence-electron chi connectivity index (χ4n) is 4.31. The summed E-state index contributed by atoms with van der Waals surface area (Å²) in [7, 11) is 3.79. The molecule has 0 radical (unpaired) electrons. The molecule has 2 heterocycles. The van der Waals surface area contributed by atoms with E-state index in [-0.39, 0.29) is 11.6 Å². The Morgan fingerprint density at radius 3 is 2.66 bits per heavy atom. The van der Waals surface area contributed by atoms with Crippen molar-refractivity contribution in [3.8, 4) is 11.5 Å². The van der Waals surface area contributed by atoms with E-state index in [4.69, 9.17) is 14.5 Å². The van der Waals surface area contributed by atoms with Gasteiger partial charge in [-0.3, -0.25) is 4.99 Å². The van der Waals surface area contributed by atoms with Gasteiger partial charge in [-0.15, -0.1) is 0 Å². The van der Waals surface area contributed by atoms with Crippen LogP contribution in [0, 0.1) is 0 Å². The minimum Gasteiger partial charge on any atom is -0.493 e. The monoisotopic (exact) mass is 394 g/mol. The Morgan fingerprint density at radius 2 is 2.00 bits per heavy atom. The van der Waals surface area contributed by atoms with Gasteiger partial charge < -0.3 is 19.5 Å². The van der Waals surface area contributed by atoms with Crippen LogP contribution in [0.15, 0.2) is 41.4 Å². The smallest absolute Gasteiger partial charge is 0.335 e. The number of carbonyl (C=O) groups is 1. The molecular formula is C23H26N2O4. The van der Waals surface area contributed by atoms with Crippen molar-refractivity contribution in [1.29, 1.82) is 0 Å². The standard InChI is InChI=1S/C23H26N2O4/c1-4-29-21-11-16-17(12-20(21)28-3)22(14-5-7-15(8-6-14)23(26)27)24-19-9-10-25(2)13-18(16)19/h5-8,11-12,18-19H,4,9-10,13H2,1-3H3,(H,26,27)/t18?,19-/m1/s1. The average molecular weight is 394 g/mol. The molecule has 6 heteroatoms. The van der Waals surface area contributed by atoms with Crippen LogP contribution in [0.2, 0.25) is 0 Å². The third kappa shape index (κ3) is 3.60. The molecule has 0 saturated carbocycles. The van der Waals surface area contributed by atoms with Crippen molar-refractivity contribution in [3.63, 3.8) is 0 Å². The van der Waals surface area contributed by atoms with E-state index in [0.29, 0.717) is 18.3 Å². The molecule has 4 rings (SSSR count). The summed E-state index contributed by atoms with van der Waals surface area (Å²) in [6, 6.07) is 11.3. The van der Waals surface area contributed by atoms with Gasteiger partial charge in [-0.05, 0) is 56.8 Å². The quantitative estimate of drug-likeness (QED) is 0.841. The Labute approximate surface area is 170 Å². The second-order valence-corrected chi connectivity index (χ2v) is 7.61. The number of likely N-dealkylation sites (tertiary alicyclic amines) is 1. The van der Waals surface area contributed by atoms with E-state index in [1.165, 1.54) is 5.56 Å². The molecule has 2 aromatic rings. The normalized spacial score (nSPS) is 21.0. The van der Waals surface area contributed by atoms with Crippen molar-refractivity contribution < 1.29 is 19.4 Å². The van der Waals surface area contributed by atoms with E-state index in [1.54, 1.807) is 19.2 Å². The number of nitrogens with zero attached hydrogens (tertiary/aromatic N) is 2. The topological polar surface area (TPSA) is 71.4 Å². The number of fused-ring (bicyclic) bond motifs is 3. The second-order valence-electron chi connectivity index (χ2n) is 7.61. The van der Waals surface area contributed by atoms with E-state index in [9.17, 15) is 9.90 Å². The predicted molar refractivity (Wildman–Crippen MR) is 112 cm³/mol. The molecule has 152 valence electrons. The Bertz CT molecular complexity index is 952. The molecule has 1 saturated heterocycles. The van der Waals surface area contributed by atoms with E-state index in [0.717, 1.165) is 42.1 Å². The van der Waals surface area contributed by atoms with Crippen LogP contribution < -0.4 is 9.47 Å². The highest BCUT2D eigenvalue weighted by Crippen LogP contribution is 2.42. The maximum Gasteiger partial charge on any atom is 0.335 e. The minimum absolute atomic E-state index is 0.204. The second kappa shape index (κ2) is 7.87. The van der Waals surface area contributed by atoms with Gasteiger partial charge >= 0.3 is 5.97 Å². The number of piperidine rings is 1. The van der Waals surface area contributed by atoms with Gasteiger partial charge in [0.1, 0.15) is 0 Å². The molecule has 6 nitrogen and oxygen atoms in total. The Balaban J connectivity index is 1.85. The van der Waals surface area contributed by atoms with Crippen LogP contribution in [0.4, 0.5) is 0 Å². The lowest BCUT2D eigenvalue weighted by molar-refractivity contribution is 0.0697. The highest BCUT2D eigenvalue weighted by molar-refractivity contribution is 6.15. The van der Waals surface area contributed by atoms with E-state index < -0.39 is 5.97 Å². The van der Waals surface area contributed by atoms with E-state index in [2.05, 4.69) is 18.0 Å². The molecule has 0 aromatic heterocycles. The first-order valence-electron chi connectivity index (χ1n) is 9.97. The number of hydrogen-bond donors (Lipinski definition) is 1. The summed E-state index contributed by atoms with van der Waals surface area (Å²) in [6.45, 7) is 4.50. The predicted octanol–water partition coefficient (Wildman–Crippen LogP) is 3.43. The molecule has 2 aliphatic heterocycles. The Morgan fingerprint density at radius 1 is 1.24 bits per heavy atom. The number of ether oxygens (including phenoxy) is 2. The lowest BCUT2D eigenvalue weighted by Gasteiger charge is -2.39. The fourth-order valence-corrected chi connectivity index (χ4v) is 4.31.